The summed E-state index contributed by atoms with van der Waals surface area (Å²) in [5, 5.41) is 0. The van der Waals surface area contributed by atoms with Crippen molar-refractivity contribution in [3.63, 3.8) is 0 Å². The predicted octanol–water partition coefficient (Wildman–Crippen LogP) is 2.45. The van der Waals surface area contributed by atoms with E-state index in [1.165, 1.54) is 0 Å². The maximum atomic E-state index is 12.3. The van der Waals surface area contributed by atoms with Crippen LogP contribution in [0.4, 0.5) is 20.2 Å². The topological polar surface area (TPSA) is 29.3 Å². The van der Waals surface area contributed by atoms with Gasteiger partial charge in [-0.2, -0.15) is 0 Å². The van der Waals surface area contributed by atoms with Gasteiger partial charge in [-0.1, -0.05) is 0 Å². The summed E-state index contributed by atoms with van der Waals surface area (Å²) in [7, 11) is 0. The van der Waals surface area contributed by atoms with Crippen molar-refractivity contribution in [2.45, 2.75) is 11.3 Å². The van der Waals surface area contributed by atoms with Gasteiger partial charge in [0.2, 0.25) is 0 Å². The van der Waals surface area contributed by atoms with Gasteiger partial charge in [-0.25, -0.2) is 8.78 Å². The van der Waals surface area contributed by atoms with Gasteiger partial charge in [0.25, 0.3) is 6.43 Å². The standard InChI is InChI=1S/C10H12F2N2S/c11-10(12)6-14-3-4-15-9-2-1-7(13)5-8(9)14/h1-2,5,10H,3-4,6,13H2. The quantitative estimate of drug-likeness (QED) is 0.791. The first-order chi connectivity index (χ1) is 7.16. The second-order valence-electron chi connectivity index (χ2n) is 3.41. The fourth-order valence-electron chi connectivity index (χ4n) is 1.65. The van der Waals surface area contributed by atoms with Crippen molar-refractivity contribution >= 4 is 23.1 Å². The lowest BCUT2D eigenvalue weighted by atomic mass is 10.2. The number of hydrogen-bond donors (Lipinski definition) is 1. The summed E-state index contributed by atoms with van der Waals surface area (Å²) in [6.45, 7) is 0.447. The molecule has 2 rings (SSSR count). The van der Waals surface area contributed by atoms with E-state index >= 15 is 0 Å². The van der Waals surface area contributed by atoms with E-state index in [2.05, 4.69) is 0 Å². The molecule has 1 aliphatic rings. The molecule has 1 heterocycles. The second-order valence-corrected chi connectivity index (χ2v) is 4.55. The summed E-state index contributed by atoms with van der Waals surface area (Å²) in [5.41, 5.74) is 7.11. The molecule has 0 radical (unpaired) electrons. The molecule has 1 aliphatic heterocycles. The minimum Gasteiger partial charge on any atom is -0.399 e. The van der Waals surface area contributed by atoms with Crippen molar-refractivity contribution in [2.24, 2.45) is 0 Å². The Hall–Kier alpha value is -0.970. The Kier molecular flexibility index (Phi) is 3.00. The normalized spacial score (nSPS) is 15.5. The van der Waals surface area contributed by atoms with Crippen molar-refractivity contribution in [2.75, 3.05) is 29.5 Å². The number of thioether (sulfide) groups is 1. The lowest BCUT2D eigenvalue weighted by Gasteiger charge is -2.30. The van der Waals surface area contributed by atoms with Gasteiger partial charge in [-0.05, 0) is 18.2 Å². The molecule has 0 saturated heterocycles. The first-order valence-corrected chi connectivity index (χ1v) is 5.71. The number of nitrogens with zero attached hydrogens (tertiary/aromatic N) is 1. The lowest BCUT2D eigenvalue weighted by Crippen LogP contribution is -2.33. The number of nitrogens with two attached hydrogens (primary N) is 1. The molecular formula is C10H12F2N2S. The van der Waals surface area contributed by atoms with Crippen molar-refractivity contribution in [3.8, 4) is 0 Å². The van der Waals surface area contributed by atoms with E-state index in [1.54, 1.807) is 28.8 Å². The molecule has 15 heavy (non-hydrogen) atoms. The van der Waals surface area contributed by atoms with Gasteiger partial charge in [-0.3, -0.25) is 0 Å². The monoisotopic (exact) mass is 230 g/mol. The molecule has 5 heteroatoms. The molecule has 2 nitrogen and oxygen atoms in total. The zero-order valence-electron chi connectivity index (χ0n) is 8.12. The van der Waals surface area contributed by atoms with Gasteiger partial charge in [0.15, 0.2) is 0 Å². The van der Waals surface area contributed by atoms with Crippen LogP contribution in [-0.4, -0.2) is 25.3 Å². The first kappa shape index (κ1) is 10.5. The number of rotatable bonds is 2. The van der Waals surface area contributed by atoms with Crippen LogP contribution in [-0.2, 0) is 0 Å². The molecule has 0 atom stereocenters. The van der Waals surface area contributed by atoms with E-state index in [9.17, 15) is 8.78 Å². The van der Waals surface area contributed by atoms with E-state index in [4.69, 9.17) is 5.73 Å². The van der Waals surface area contributed by atoms with Gasteiger partial charge in [0, 0.05) is 22.9 Å². The molecule has 0 aromatic heterocycles. The Morgan fingerprint density at radius 1 is 1.47 bits per heavy atom. The summed E-state index contributed by atoms with van der Waals surface area (Å²) in [6, 6.07) is 5.47. The third-order valence-electron chi connectivity index (χ3n) is 2.30. The Labute approximate surface area is 91.4 Å². The minimum absolute atomic E-state index is 0.211. The summed E-state index contributed by atoms with van der Waals surface area (Å²) >= 11 is 1.69. The maximum Gasteiger partial charge on any atom is 0.255 e. The predicted molar refractivity (Wildman–Crippen MR) is 59.8 cm³/mol. The van der Waals surface area contributed by atoms with Gasteiger partial charge in [0.05, 0.1) is 12.2 Å². The van der Waals surface area contributed by atoms with Crippen molar-refractivity contribution in [1.29, 1.82) is 0 Å². The number of fused-ring (bicyclic) bond motifs is 1. The van der Waals surface area contributed by atoms with Crippen LogP contribution in [0.2, 0.25) is 0 Å². The van der Waals surface area contributed by atoms with E-state index in [1.807, 2.05) is 6.07 Å². The van der Waals surface area contributed by atoms with Gasteiger partial charge < -0.3 is 10.6 Å². The molecule has 0 amide bonds. The van der Waals surface area contributed by atoms with Crippen molar-refractivity contribution in [3.05, 3.63) is 18.2 Å². The maximum absolute atomic E-state index is 12.3. The second kappa shape index (κ2) is 4.26. The zero-order valence-corrected chi connectivity index (χ0v) is 8.94. The SMILES string of the molecule is Nc1ccc2c(c1)N(CC(F)F)CCS2. The van der Waals surface area contributed by atoms with Gasteiger partial charge in [0.1, 0.15) is 0 Å². The van der Waals surface area contributed by atoms with Crippen LogP contribution in [0.15, 0.2) is 23.1 Å². The van der Waals surface area contributed by atoms with Crippen LogP contribution >= 0.6 is 11.8 Å². The van der Waals surface area contributed by atoms with E-state index in [-0.39, 0.29) is 6.54 Å². The molecule has 0 fully saturated rings. The van der Waals surface area contributed by atoms with Gasteiger partial charge >= 0.3 is 0 Å². The molecule has 0 spiro atoms. The molecular weight excluding hydrogens is 218 g/mol. The van der Waals surface area contributed by atoms with E-state index in [0.29, 0.717) is 12.2 Å². The number of hydrogen-bond acceptors (Lipinski definition) is 3. The van der Waals surface area contributed by atoms with E-state index in [0.717, 1.165) is 16.3 Å². The first-order valence-electron chi connectivity index (χ1n) is 4.72. The Bertz CT molecular complexity index is 357. The number of anilines is 2. The average molecular weight is 230 g/mol. The molecule has 82 valence electrons. The van der Waals surface area contributed by atoms with Crippen LogP contribution in [0.1, 0.15) is 0 Å². The van der Waals surface area contributed by atoms with Crippen LogP contribution < -0.4 is 10.6 Å². The van der Waals surface area contributed by atoms with Crippen LogP contribution in [0.5, 0.6) is 0 Å². The Morgan fingerprint density at radius 2 is 2.27 bits per heavy atom. The third kappa shape index (κ3) is 2.34. The number of nitrogen functional groups attached to an aromatic ring is 1. The highest BCUT2D eigenvalue weighted by molar-refractivity contribution is 7.99. The highest BCUT2D eigenvalue weighted by Crippen LogP contribution is 2.36. The summed E-state index contributed by atoms with van der Waals surface area (Å²) in [5.74, 6) is 0.851. The van der Waals surface area contributed by atoms with Gasteiger partial charge in [-0.15, -0.1) is 11.8 Å². The summed E-state index contributed by atoms with van der Waals surface area (Å²) < 4.78 is 24.7. The molecule has 1 aromatic carbocycles. The minimum atomic E-state index is -2.30. The molecule has 0 bridgehead atoms. The number of benzene rings is 1. The molecule has 2 N–H and O–H groups in total. The highest BCUT2D eigenvalue weighted by atomic mass is 32.2. The average Bonchev–Trinajstić information content (AvgIpc) is 2.18. The fourth-order valence-corrected chi connectivity index (χ4v) is 2.68. The molecule has 0 saturated carbocycles. The molecule has 0 unspecified atom stereocenters. The van der Waals surface area contributed by atoms with Crippen LogP contribution in [0, 0.1) is 0 Å². The summed E-state index contributed by atoms with van der Waals surface area (Å²) in [6.07, 6.45) is -2.30. The number of halogens is 2. The largest absolute Gasteiger partial charge is 0.399 e. The van der Waals surface area contributed by atoms with Crippen molar-refractivity contribution < 1.29 is 8.78 Å². The lowest BCUT2D eigenvalue weighted by molar-refractivity contribution is 0.155. The van der Waals surface area contributed by atoms with E-state index < -0.39 is 6.43 Å². The highest BCUT2D eigenvalue weighted by Gasteiger charge is 2.20. The third-order valence-corrected chi connectivity index (χ3v) is 3.34. The van der Waals surface area contributed by atoms with Crippen LogP contribution in [0.3, 0.4) is 0 Å². The molecule has 0 aliphatic carbocycles. The van der Waals surface area contributed by atoms with Crippen molar-refractivity contribution in [1.82, 2.24) is 0 Å². The Balaban J connectivity index is 2.28. The summed E-state index contributed by atoms with van der Waals surface area (Å²) in [4.78, 5) is 2.74. The van der Waals surface area contributed by atoms with Crippen LogP contribution in [0.25, 0.3) is 0 Å². The Morgan fingerprint density at radius 3 is 3.00 bits per heavy atom. The zero-order chi connectivity index (χ0) is 10.8. The smallest absolute Gasteiger partial charge is 0.255 e. The number of alkyl halides is 2. The fraction of sp³-hybridized carbons (Fsp3) is 0.400. The molecule has 1 aromatic rings.